The van der Waals surface area contributed by atoms with Crippen molar-refractivity contribution in [2.24, 2.45) is 0 Å². The first-order valence-electron chi connectivity index (χ1n) is 16.4. The second-order valence-electron chi connectivity index (χ2n) is 11.9. The van der Waals surface area contributed by atoms with Gasteiger partial charge in [0.15, 0.2) is 0 Å². The van der Waals surface area contributed by atoms with Gasteiger partial charge < -0.3 is 29.7 Å². The first-order valence-corrected chi connectivity index (χ1v) is 16.4. The van der Waals surface area contributed by atoms with E-state index in [9.17, 15) is 9.59 Å². The molecule has 3 aromatic heterocycles. The number of ether oxygens (including phenoxy) is 2. The van der Waals surface area contributed by atoms with Gasteiger partial charge in [-0.2, -0.15) is 0 Å². The van der Waals surface area contributed by atoms with Crippen LogP contribution >= 0.6 is 0 Å². The molecule has 7 rings (SSSR count). The predicted molar refractivity (Wildman–Crippen MR) is 194 cm³/mol. The largest absolute Gasteiger partial charge is 0.494 e. The van der Waals surface area contributed by atoms with Crippen molar-refractivity contribution >= 4 is 58.3 Å². The number of fused-ring (bicyclic) bond motifs is 8. The molecule has 0 spiro atoms. The Morgan fingerprint density at radius 1 is 0.560 bits per heavy atom. The Bertz CT molecular complexity index is 2120. The van der Waals surface area contributed by atoms with Gasteiger partial charge in [0, 0.05) is 46.0 Å². The smallest absolute Gasteiger partial charge is 0.303 e. The average Bonchev–Trinajstić information content (AvgIpc) is 3.93. The summed E-state index contributed by atoms with van der Waals surface area (Å²) in [6.07, 6.45) is 9.03. The molecule has 2 aliphatic rings. The number of carboxylic acid groups (broad SMARTS) is 2. The van der Waals surface area contributed by atoms with Crippen LogP contribution in [0.1, 0.15) is 48.5 Å². The van der Waals surface area contributed by atoms with Crippen molar-refractivity contribution in [1.29, 1.82) is 0 Å². The maximum atomic E-state index is 10.8. The van der Waals surface area contributed by atoms with Gasteiger partial charge in [0.1, 0.15) is 11.5 Å². The third kappa shape index (κ3) is 7.50. The van der Waals surface area contributed by atoms with E-state index in [1.165, 1.54) is 0 Å². The van der Waals surface area contributed by atoms with Crippen LogP contribution in [0, 0.1) is 0 Å². The van der Waals surface area contributed by atoms with Crippen LogP contribution < -0.4 is 9.47 Å². The van der Waals surface area contributed by atoms with Crippen molar-refractivity contribution in [3.05, 3.63) is 108 Å². The molecule has 0 saturated heterocycles. The number of rotatable bonds is 12. The highest BCUT2D eigenvalue weighted by Gasteiger charge is 2.14. The minimum Gasteiger partial charge on any atom is -0.494 e. The molecule has 4 N–H and O–H groups in total. The molecule has 0 atom stereocenters. The van der Waals surface area contributed by atoms with Crippen molar-refractivity contribution in [2.75, 3.05) is 13.2 Å². The normalized spacial score (nSPS) is 11.8. The summed E-state index contributed by atoms with van der Waals surface area (Å²) in [6, 6.07) is 27.6. The number of aromatic amines is 2. The van der Waals surface area contributed by atoms with Crippen molar-refractivity contribution in [2.45, 2.75) is 25.7 Å². The quantitative estimate of drug-likeness (QED) is 0.0949. The van der Waals surface area contributed by atoms with E-state index in [1.807, 2.05) is 109 Å². The summed E-state index contributed by atoms with van der Waals surface area (Å²) < 4.78 is 11.5. The molecule has 2 aliphatic heterocycles. The summed E-state index contributed by atoms with van der Waals surface area (Å²) >= 11 is 0. The van der Waals surface area contributed by atoms with Gasteiger partial charge in [-0.25, -0.2) is 9.97 Å². The molecule has 5 heterocycles. The van der Waals surface area contributed by atoms with Crippen LogP contribution in [0.5, 0.6) is 11.5 Å². The number of carboxylic acids is 2. The number of aliphatic carboxylic acids is 2. The zero-order chi connectivity index (χ0) is 34.5. The molecule has 2 aromatic carbocycles. The average molecular weight is 667 g/mol. The number of carbonyl (C=O) groups is 2. The molecular formula is C40H34N4O6. The highest BCUT2D eigenvalue weighted by molar-refractivity contribution is 5.93. The molecule has 10 nitrogen and oxygen atoms in total. The van der Waals surface area contributed by atoms with E-state index in [1.54, 1.807) is 0 Å². The molecule has 50 heavy (non-hydrogen) atoms. The standard InChI is InChI=1S/C40H34N4O6/c45-37(46)3-1-21-49-31-13-5-25(6-14-31)39-33-17-9-27(41-33)23-29-11-19-35(43-29)40(26-7-15-32(16-8-26)50-22-2-4-38(47)48)36-20-12-30(44-36)24-28-10-18-34(39)42-28/h5-20,23-24,41,44H,1-4,21-22H2,(H,45,46)(H,47,48). The van der Waals surface area contributed by atoms with Gasteiger partial charge in [-0.3, -0.25) is 9.59 Å². The van der Waals surface area contributed by atoms with Crippen molar-refractivity contribution in [3.8, 4) is 33.8 Å². The summed E-state index contributed by atoms with van der Waals surface area (Å²) in [7, 11) is 0. The molecule has 0 fully saturated rings. The fourth-order valence-electron chi connectivity index (χ4n) is 5.94. The molecular weight excluding hydrogens is 632 g/mol. The topological polar surface area (TPSA) is 150 Å². The molecule has 250 valence electrons. The lowest BCUT2D eigenvalue weighted by Gasteiger charge is -2.08. The van der Waals surface area contributed by atoms with Crippen LogP contribution in [-0.2, 0) is 9.59 Å². The molecule has 0 saturated carbocycles. The summed E-state index contributed by atoms with van der Waals surface area (Å²) in [5.41, 5.74) is 10.6. The highest BCUT2D eigenvalue weighted by atomic mass is 16.5. The van der Waals surface area contributed by atoms with Crippen LogP contribution in [0.3, 0.4) is 0 Å². The Balaban J connectivity index is 1.29. The number of nitrogens with zero attached hydrogens (tertiary/aromatic N) is 2. The van der Waals surface area contributed by atoms with Crippen LogP contribution in [0.15, 0.2) is 84.9 Å². The van der Waals surface area contributed by atoms with E-state index in [4.69, 9.17) is 29.7 Å². The Hall–Kier alpha value is -6.42. The first kappa shape index (κ1) is 32.1. The summed E-state index contributed by atoms with van der Waals surface area (Å²) in [5, 5.41) is 17.8. The predicted octanol–water partition coefficient (Wildman–Crippen LogP) is 8.48. The van der Waals surface area contributed by atoms with E-state index in [0.29, 0.717) is 37.6 Å². The van der Waals surface area contributed by atoms with Gasteiger partial charge in [-0.05, 0) is 109 Å². The fourth-order valence-corrected chi connectivity index (χ4v) is 5.94. The molecule has 0 unspecified atom stereocenters. The molecule has 0 radical (unpaired) electrons. The number of hydrogen-bond acceptors (Lipinski definition) is 6. The van der Waals surface area contributed by atoms with E-state index >= 15 is 0 Å². The monoisotopic (exact) mass is 666 g/mol. The lowest BCUT2D eigenvalue weighted by atomic mass is 10.0. The second-order valence-corrected chi connectivity index (χ2v) is 11.9. The molecule has 8 bridgehead atoms. The van der Waals surface area contributed by atoms with E-state index in [2.05, 4.69) is 9.97 Å². The Morgan fingerprint density at radius 3 is 1.38 bits per heavy atom. The van der Waals surface area contributed by atoms with E-state index in [0.717, 1.165) is 67.1 Å². The number of aromatic nitrogens is 4. The Kier molecular flexibility index (Phi) is 9.24. The minimum atomic E-state index is -0.835. The van der Waals surface area contributed by atoms with Gasteiger partial charge in [0.2, 0.25) is 0 Å². The van der Waals surface area contributed by atoms with Crippen molar-refractivity contribution in [3.63, 3.8) is 0 Å². The van der Waals surface area contributed by atoms with Gasteiger partial charge in [0.05, 0.1) is 36.0 Å². The van der Waals surface area contributed by atoms with Crippen molar-refractivity contribution in [1.82, 2.24) is 19.9 Å². The highest BCUT2D eigenvalue weighted by Crippen LogP contribution is 2.33. The van der Waals surface area contributed by atoms with E-state index < -0.39 is 11.9 Å². The van der Waals surface area contributed by atoms with E-state index in [-0.39, 0.29) is 12.8 Å². The van der Waals surface area contributed by atoms with Crippen molar-refractivity contribution < 1.29 is 29.3 Å². The van der Waals surface area contributed by atoms with Gasteiger partial charge in [-0.15, -0.1) is 0 Å². The van der Waals surface area contributed by atoms with Gasteiger partial charge in [-0.1, -0.05) is 24.3 Å². The maximum Gasteiger partial charge on any atom is 0.303 e. The SMILES string of the molecule is O=C(O)CCCOc1ccc(-c2c3nc(cc4ccc([nH]4)c(-c4ccc(OCCCC(=O)O)cc4)c4nc(cc5ccc2[nH]5)C=C4)C=C3)cc1. The number of H-pyrrole nitrogens is 2. The maximum absolute atomic E-state index is 10.8. The van der Waals surface area contributed by atoms with Crippen LogP contribution in [-0.4, -0.2) is 55.3 Å². The third-order valence-electron chi connectivity index (χ3n) is 8.29. The molecule has 10 heteroatoms. The first-order chi connectivity index (χ1) is 24.4. The molecule has 0 aliphatic carbocycles. The number of hydrogen-bond donors (Lipinski definition) is 4. The molecule has 0 amide bonds. The van der Waals surface area contributed by atoms with Crippen LogP contribution in [0.2, 0.25) is 0 Å². The summed E-state index contributed by atoms with van der Waals surface area (Å²) in [4.78, 5) is 38.8. The lowest BCUT2D eigenvalue weighted by molar-refractivity contribution is -0.138. The fraction of sp³-hybridized carbons (Fsp3) is 0.150. The number of nitrogens with one attached hydrogen (secondary N) is 2. The molecule has 5 aromatic rings. The van der Waals surface area contributed by atoms with Crippen LogP contribution in [0.4, 0.5) is 0 Å². The lowest BCUT2D eigenvalue weighted by Crippen LogP contribution is -2.01. The van der Waals surface area contributed by atoms with Gasteiger partial charge in [0.25, 0.3) is 0 Å². The zero-order valence-corrected chi connectivity index (χ0v) is 27.1. The Morgan fingerprint density at radius 2 is 0.980 bits per heavy atom. The zero-order valence-electron chi connectivity index (χ0n) is 27.1. The second kappa shape index (κ2) is 14.4. The summed E-state index contributed by atoms with van der Waals surface area (Å²) in [6.45, 7) is 0.662. The van der Waals surface area contributed by atoms with Gasteiger partial charge >= 0.3 is 11.9 Å². The van der Waals surface area contributed by atoms with Crippen LogP contribution in [0.25, 0.3) is 68.6 Å². The minimum absolute atomic E-state index is 0.0680. The summed E-state index contributed by atoms with van der Waals surface area (Å²) in [5.74, 6) is -0.324. The Labute approximate surface area is 287 Å². The number of benzene rings is 2. The third-order valence-corrected chi connectivity index (χ3v) is 8.29.